The van der Waals surface area contributed by atoms with Crippen LogP contribution in [0.5, 0.6) is 0 Å². The number of hydrogen-bond donors (Lipinski definition) is 1. The van der Waals surface area contributed by atoms with Crippen molar-refractivity contribution >= 4 is 22.7 Å². The van der Waals surface area contributed by atoms with Crippen LogP contribution in [-0.4, -0.2) is 34.1 Å². The molecule has 0 aromatic heterocycles. The molecule has 0 saturated carbocycles. The number of aliphatic carboxylic acids is 1. The molecule has 0 saturated heterocycles. The predicted molar refractivity (Wildman–Crippen MR) is 41.5 cm³/mol. The molecule has 5 nitrogen and oxygen atoms in total. The van der Waals surface area contributed by atoms with E-state index in [0.717, 1.165) is 0 Å². The molecule has 0 bridgehead atoms. The molecule has 0 aliphatic rings. The summed E-state index contributed by atoms with van der Waals surface area (Å²) >= 11 is 0. The fourth-order valence-electron chi connectivity index (χ4n) is 0.649. The zero-order chi connectivity index (χ0) is 9.72. The normalized spacial score (nSPS) is 14.8. The van der Waals surface area contributed by atoms with E-state index in [2.05, 4.69) is 5.32 Å². The van der Waals surface area contributed by atoms with Gasteiger partial charge in [-0.1, -0.05) is 0 Å². The van der Waals surface area contributed by atoms with Gasteiger partial charge in [-0.05, 0) is 0 Å². The molecule has 0 aromatic carbocycles. The molecule has 6 heteroatoms. The highest BCUT2D eigenvalue weighted by molar-refractivity contribution is 7.84. The number of carbonyl (C=O) groups excluding carboxylic acids is 2. The topological polar surface area (TPSA) is 86.3 Å². The first-order valence-corrected chi connectivity index (χ1v) is 4.94. The fourth-order valence-corrected chi connectivity index (χ4v) is 1.34. The molecule has 12 heavy (non-hydrogen) atoms. The van der Waals surface area contributed by atoms with Gasteiger partial charge in [0.05, 0.1) is 12.0 Å². The molecular formula is C6H10NO4S-. The molecule has 0 unspecified atom stereocenters. The van der Waals surface area contributed by atoms with E-state index < -0.39 is 28.7 Å². The molecule has 2 atom stereocenters. The van der Waals surface area contributed by atoms with E-state index in [1.165, 1.54) is 13.2 Å². The van der Waals surface area contributed by atoms with Gasteiger partial charge in [0.25, 0.3) is 0 Å². The number of rotatable bonds is 4. The molecule has 0 aromatic rings. The maximum Gasteiger partial charge on any atom is 0.217 e. The van der Waals surface area contributed by atoms with Crippen molar-refractivity contribution in [1.82, 2.24) is 5.32 Å². The van der Waals surface area contributed by atoms with Crippen LogP contribution in [0.25, 0.3) is 0 Å². The summed E-state index contributed by atoms with van der Waals surface area (Å²) in [6.07, 6.45) is 1.36. The van der Waals surface area contributed by atoms with Gasteiger partial charge in [0.2, 0.25) is 5.91 Å². The van der Waals surface area contributed by atoms with Gasteiger partial charge in [-0.3, -0.25) is 9.00 Å². The molecule has 0 heterocycles. The van der Waals surface area contributed by atoms with Crippen molar-refractivity contribution in [3.63, 3.8) is 0 Å². The third-order valence-electron chi connectivity index (χ3n) is 1.06. The van der Waals surface area contributed by atoms with Crippen LogP contribution < -0.4 is 10.4 Å². The fraction of sp³-hybridized carbons (Fsp3) is 0.667. The minimum atomic E-state index is -1.42. The van der Waals surface area contributed by atoms with Crippen molar-refractivity contribution in [2.45, 2.75) is 13.0 Å². The van der Waals surface area contributed by atoms with Crippen LogP contribution in [0.3, 0.4) is 0 Å². The van der Waals surface area contributed by atoms with E-state index in [-0.39, 0.29) is 5.75 Å². The molecule has 0 fully saturated rings. The van der Waals surface area contributed by atoms with Crippen molar-refractivity contribution in [3.8, 4) is 0 Å². The molecule has 0 aliphatic carbocycles. The lowest BCUT2D eigenvalue weighted by Gasteiger charge is -2.16. The number of carboxylic acids is 1. The number of amides is 1. The van der Waals surface area contributed by atoms with Crippen LogP contribution in [0.1, 0.15) is 6.92 Å². The minimum Gasteiger partial charge on any atom is -0.548 e. The first-order valence-electron chi connectivity index (χ1n) is 3.21. The highest BCUT2D eigenvalue weighted by Crippen LogP contribution is 1.85. The maximum atomic E-state index is 10.6. The average molecular weight is 192 g/mol. The van der Waals surface area contributed by atoms with Crippen molar-refractivity contribution in [2.75, 3.05) is 12.0 Å². The highest BCUT2D eigenvalue weighted by Gasteiger charge is 2.12. The van der Waals surface area contributed by atoms with Gasteiger partial charge >= 0.3 is 0 Å². The van der Waals surface area contributed by atoms with Crippen LogP contribution in [-0.2, 0) is 20.4 Å². The van der Waals surface area contributed by atoms with Gasteiger partial charge in [-0.15, -0.1) is 0 Å². The highest BCUT2D eigenvalue weighted by atomic mass is 32.2. The van der Waals surface area contributed by atoms with Gasteiger partial charge in [0.15, 0.2) is 0 Å². The molecule has 0 aliphatic heterocycles. The summed E-state index contributed by atoms with van der Waals surface area (Å²) in [6, 6.07) is -1.16. The van der Waals surface area contributed by atoms with Gasteiger partial charge in [0.1, 0.15) is 0 Å². The first kappa shape index (κ1) is 11.1. The summed E-state index contributed by atoms with van der Waals surface area (Å²) in [5.74, 6) is -2.02. The van der Waals surface area contributed by atoms with Crippen LogP contribution in [0.4, 0.5) is 0 Å². The molecular weight excluding hydrogens is 182 g/mol. The number of nitrogens with one attached hydrogen (secondary N) is 1. The van der Waals surface area contributed by atoms with Gasteiger partial charge < -0.3 is 15.2 Å². The lowest BCUT2D eigenvalue weighted by Crippen LogP contribution is -2.50. The van der Waals surface area contributed by atoms with Crippen molar-refractivity contribution in [1.29, 1.82) is 0 Å². The van der Waals surface area contributed by atoms with Crippen LogP contribution >= 0.6 is 0 Å². The summed E-state index contributed by atoms with van der Waals surface area (Å²) in [6.45, 7) is 1.19. The lowest BCUT2D eigenvalue weighted by atomic mass is 10.3. The third-order valence-corrected chi connectivity index (χ3v) is 1.87. The largest absolute Gasteiger partial charge is 0.548 e. The molecule has 0 spiro atoms. The van der Waals surface area contributed by atoms with E-state index in [0.29, 0.717) is 0 Å². The Morgan fingerprint density at radius 3 is 2.33 bits per heavy atom. The Morgan fingerprint density at radius 1 is 1.58 bits per heavy atom. The molecule has 70 valence electrons. The maximum absolute atomic E-state index is 10.6. The van der Waals surface area contributed by atoms with E-state index in [4.69, 9.17) is 0 Å². The Morgan fingerprint density at radius 2 is 2.08 bits per heavy atom. The second kappa shape index (κ2) is 4.87. The monoisotopic (exact) mass is 192 g/mol. The lowest BCUT2D eigenvalue weighted by molar-refractivity contribution is -0.307. The van der Waals surface area contributed by atoms with E-state index in [9.17, 15) is 18.9 Å². The van der Waals surface area contributed by atoms with Crippen molar-refractivity contribution < 1.29 is 18.9 Å². The Kier molecular flexibility index (Phi) is 4.50. The number of carbonyl (C=O) groups is 2. The molecule has 0 radical (unpaired) electrons. The van der Waals surface area contributed by atoms with Crippen molar-refractivity contribution in [2.24, 2.45) is 0 Å². The van der Waals surface area contributed by atoms with Crippen LogP contribution in [0, 0.1) is 0 Å². The Labute approximate surface area is 72.6 Å². The van der Waals surface area contributed by atoms with Crippen molar-refractivity contribution in [3.05, 3.63) is 0 Å². The van der Waals surface area contributed by atoms with Gasteiger partial charge in [0, 0.05) is 29.7 Å². The summed E-state index contributed by atoms with van der Waals surface area (Å²) in [7, 11) is -1.27. The third kappa shape index (κ3) is 4.84. The number of carboxylic acid groups (broad SMARTS) is 1. The summed E-state index contributed by atoms with van der Waals surface area (Å²) in [5.41, 5.74) is 0. The molecule has 0 rings (SSSR count). The average Bonchev–Trinajstić information content (AvgIpc) is 1.83. The van der Waals surface area contributed by atoms with Gasteiger partial charge in [-0.25, -0.2) is 0 Å². The van der Waals surface area contributed by atoms with Crippen LogP contribution in [0.15, 0.2) is 0 Å². The quantitative estimate of drug-likeness (QED) is 0.539. The smallest absolute Gasteiger partial charge is 0.217 e. The zero-order valence-electron chi connectivity index (χ0n) is 6.83. The first-order chi connectivity index (χ1) is 5.43. The second-order valence-electron chi connectivity index (χ2n) is 2.31. The zero-order valence-corrected chi connectivity index (χ0v) is 7.64. The Bertz CT molecular complexity index is 200. The SMILES string of the molecule is CC(=O)N[C@@H](C[S@@](C)=O)C(=O)[O-]. The standard InChI is InChI=1S/C6H11NO4S/c1-4(8)7-5(6(9)10)3-12(2)11/h5H,3H2,1-2H3,(H,7,8)(H,9,10)/p-1/t5-,12+/m0/s1. The van der Waals surface area contributed by atoms with Gasteiger partial charge in [-0.2, -0.15) is 0 Å². The Balaban J connectivity index is 4.14. The minimum absolute atomic E-state index is 0.123. The summed E-state index contributed by atoms with van der Waals surface area (Å²) < 4.78 is 10.6. The molecule has 1 amide bonds. The second-order valence-corrected chi connectivity index (χ2v) is 3.79. The summed E-state index contributed by atoms with van der Waals surface area (Å²) in [4.78, 5) is 20.7. The van der Waals surface area contributed by atoms with E-state index in [1.54, 1.807) is 0 Å². The summed E-state index contributed by atoms with van der Waals surface area (Å²) in [5, 5.41) is 12.4. The predicted octanol–water partition coefficient (Wildman–Crippen LogP) is -2.38. The Hall–Kier alpha value is -0.910. The van der Waals surface area contributed by atoms with Crippen LogP contribution in [0.2, 0.25) is 0 Å². The van der Waals surface area contributed by atoms with E-state index in [1.807, 2.05) is 0 Å². The number of hydrogen-bond acceptors (Lipinski definition) is 4. The molecule has 1 N–H and O–H groups in total. The van der Waals surface area contributed by atoms with E-state index >= 15 is 0 Å².